The molecule has 1 fully saturated rings. The maximum atomic E-state index is 14.2. The van der Waals surface area contributed by atoms with E-state index >= 15 is 0 Å². The minimum absolute atomic E-state index is 0.0246. The monoisotopic (exact) mass is 483 g/mol. The molecule has 0 spiro atoms. The van der Waals surface area contributed by atoms with E-state index in [2.05, 4.69) is 9.97 Å². The van der Waals surface area contributed by atoms with Crippen LogP contribution in [0.3, 0.4) is 0 Å². The van der Waals surface area contributed by atoms with Gasteiger partial charge in [-0.15, -0.1) is 0 Å². The lowest BCUT2D eigenvalue weighted by Gasteiger charge is -2.33. The number of nitrogens with zero attached hydrogens (tertiary/aromatic N) is 5. The first-order valence-corrected chi connectivity index (χ1v) is 11.0. The molecule has 0 radical (unpaired) electrons. The summed E-state index contributed by atoms with van der Waals surface area (Å²) in [6.07, 6.45) is 0.546. The van der Waals surface area contributed by atoms with Crippen LogP contribution in [0.25, 0.3) is 11.3 Å². The molecule has 1 amide bonds. The van der Waals surface area contributed by atoms with E-state index < -0.39 is 22.7 Å². The second kappa shape index (κ2) is 9.06. The number of carbonyl (C=O) groups is 1. The van der Waals surface area contributed by atoms with E-state index in [4.69, 9.17) is 0 Å². The normalized spacial score (nSPS) is 15.7. The molecule has 35 heavy (non-hydrogen) atoms. The summed E-state index contributed by atoms with van der Waals surface area (Å²) in [5.74, 6) is -1.99. The smallest absolute Gasteiger partial charge is 0.291 e. The third kappa shape index (κ3) is 4.72. The number of rotatable bonds is 6. The Morgan fingerprint density at radius 3 is 2.60 bits per heavy atom. The van der Waals surface area contributed by atoms with Crippen LogP contribution >= 0.6 is 0 Å². The van der Waals surface area contributed by atoms with Crippen LogP contribution in [-0.4, -0.2) is 49.9 Å². The number of benzene rings is 1. The van der Waals surface area contributed by atoms with Crippen molar-refractivity contribution in [1.29, 1.82) is 0 Å². The fourth-order valence-corrected chi connectivity index (χ4v) is 4.35. The number of likely N-dealkylation sites (tertiary alicyclic amines) is 1. The number of amides is 1. The molecule has 180 valence electrons. The summed E-state index contributed by atoms with van der Waals surface area (Å²) < 4.78 is 40.6. The molecule has 0 N–H and O–H groups in total. The van der Waals surface area contributed by atoms with E-state index in [1.807, 2.05) is 11.0 Å². The standard InChI is InChI=1S/C24H20F3N5O3/c25-16-1-2-19(20(27)6-16)21-3-4-23(32(34)35)22(29-21)7-24(33)31-9-14-5-18(28-8-15(14)10-31)13-30-11-17(26)12-30/h1-6,8,17H,7,9-13H2. The van der Waals surface area contributed by atoms with E-state index in [1.165, 1.54) is 18.2 Å². The number of alkyl halides is 1. The summed E-state index contributed by atoms with van der Waals surface area (Å²) in [5.41, 5.74) is 2.17. The number of hydrogen-bond donors (Lipinski definition) is 0. The van der Waals surface area contributed by atoms with Gasteiger partial charge in [-0.05, 0) is 35.4 Å². The molecule has 1 aromatic carbocycles. The Kier molecular flexibility index (Phi) is 5.93. The van der Waals surface area contributed by atoms with Crippen molar-refractivity contribution >= 4 is 11.6 Å². The van der Waals surface area contributed by atoms with Crippen molar-refractivity contribution in [3.63, 3.8) is 0 Å². The molecule has 0 atom stereocenters. The number of pyridine rings is 2. The predicted molar refractivity (Wildman–Crippen MR) is 119 cm³/mol. The zero-order chi connectivity index (χ0) is 24.7. The Balaban J connectivity index is 1.33. The molecule has 11 heteroatoms. The molecule has 2 aliphatic rings. The van der Waals surface area contributed by atoms with Crippen LogP contribution in [0.2, 0.25) is 0 Å². The SMILES string of the molecule is O=C(Cc1nc(-c2ccc(F)cc2F)ccc1[N+](=O)[O-])N1Cc2cnc(CN3CC(F)C3)cc2C1. The second-order valence-electron chi connectivity index (χ2n) is 8.71. The van der Waals surface area contributed by atoms with E-state index in [0.29, 0.717) is 38.8 Å². The van der Waals surface area contributed by atoms with Crippen LogP contribution in [0.15, 0.2) is 42.6 Å². The predicted octanol–water partition coefficient (Wildman–Crippen LogP) is 3.57. The number of halogens is 3. The molecule has 2 aromatic heterocycles. The molecular weight excluding hydrogens is 463 g/mol. The first-order chi connectivity index (χ1) is 16.8. The van der Waals surface area contributed by atoms with Crippen molar-refractivity contribution in [2.45, 2.75) is 32.2 Å². The highest BCUT2D eigenvalue weighted by Crippen LogP contribution is 2.28. The summed E-state index contributed by atoms with van der Waals surface area (Å²) in [7, 11) is 0. The summed E-state index contributed by atoms with van der Waals surface area (Å²) in [6.45, 7) is 1.92. The fraction of sp³-hybridized carbons (Fsp3) is 0.292. The number of nitro groups is 1. The van der Waals surface area contributed by atoms with E-state index in [-0.39, 0.29) is 35.0 Å². The molecule has 0 saturated carbocycles. The van der Waals surface area contributed by atoms with Gasteiger partial charge in [0.2, 0.25) is 5.91 Å². The average Bonchev–Trinajstić information content (AvgIpc) is 3.21. The maximum Gasteiger partial charge on any atom is 0.291 e. The molecule has 1 saturated heterocycles. The number of hydrogen-bond acceptors (Lipinski definition) is 6. The molecular formula is C24H20F3N5O3. The molecule has 0 aliphatic carbocycles. The highest BCUT2D eigenvalue weighted by Gasteiger charge is 2.29. The molecule has 8 nitrogen and oxygen atoms in total. The van der Waals surface area contributed by atoms with Crippen LogP contribution in [-0.2, 0) is 30.8 Å². The Hall–Kier alpha value is -3.86. The zero-order valence-electron chi connectivity index (χ0n) is 18.5. The van der Waals surface area contributed by atoms with Gasteiger partial charge in [0.05, 0.1) is 22.7 Å². The molecule has 5 rings (SSSR count). The van der Waals surface area contributed by atoms with Gasteiger partial charge in [-0.2, -0.15) is 0 Å². The van der Waals surface area contributed by atoms with Gasteiger partial charge in [0.25, 0.3) is 5.69 Å². The Bertz CT molecular complexity index is 1330. The Morgan fingerprint density at radius 1 is 1.11 bits per heavy atom. The van der Waals surface area contributed by atoms with E-state index in [9.17, 15) is 28.1 Å². The lowest BCUT2D eigenvalue weighted by Crippen LogP contribution is -2.47. The lowest BCUT2D eigenvalue weighted by atomic mass is 10.1. The van der Waals surface area contributed by atoms with Crippen molar-refractivity contribution in [2.75, 3.05) is 13.1 Å². The van der Waals surface area contributed by atoms with Crippen LogP contribution in [0.1, 0.15) is 22.5 Å². The van der Waals surface area contributed by atoms with E-state index in [1.54, 1.807) is 11.1 Å². The van der Waals surface area contributed by atoms with Crippen molar-refractivity contribution in [1.82, 2.24) is 19.8 Å². The molecule has 3 aromatic rings. The van der Waals surface area contributed by atoms with E-state index in [0.717, 1.165) is 22.9 Å². The van der Waals surface area contributed by atoms with Gasteiger partial charge in [-0.1, -0.05) is 0 Å². The summed E-state index contributed by atoms with van der Waals surface area (Å²) in [4.78, 5) is 36.0. The zero-order valence-corrected chi connectivity index (χ0v) is 18.5. The van der Waals surface area contributed by atoms with Gasteiger partial charge in [0, 0.05) is 56.6 Å². The fourth-order valence-electron chi connectivity index (χ4n) is 4.35. The van der Waals surface area contributed by atoms with Crippen LogP contribution in [0, 0.1) is 21.7 Å². The van der Waals surface area contributed by atoms with Gasteiger partial charge in [-0.25, -0.2) is 18.2 Å². The molecule has 2 aliphatic heterocycles. The van der Waals surface area contributed by atoms with Gasteiger partial charge < -0.3 is 4.90 Å². The first-order valence-electron chi connectivity index (χ1n) is 11.0. The first kappa shape index (κ1) is 22.9. The summed E-state index contributed by atoms with van der Waals surface area (Å²) >= 11 is 0. The third-order valence-corrected chi connectivity index (χ3v) is 6.19. The highest BCUT2D eigenvalue weighted by molar-refractivity contribution is 5.80. The Morgan fingerprint density at radius 2 is 1.89 bits per heavy atom. The van der Waals surface area contributed by atoms with Gasteiger partial charge in [0.15, 0.2) is 0 Å². The van der Waals surface area contributed by atoms with Crippen molar-refractivity contribution < 1.29 is 22.9 Å². The molecule has 0 bridgehead atoms. The second-order valence-corrected chi connectivity index (χ2v) is 8.71. The Labute approximate surface area is 198 Å². The minimum Gasteiger partial charge on any atom is -0.334 e. The average molecular weight is 483 g/mol. The van der Waals surface area contributed by atoms with Crippen LogP contribution in [0.5, 0.6) is 0 Å². The topological polar surface area (TPSA) is 92.5 Å². The van der Waals surface area contributed by atoms with Gasteiger partial charge >= 0.3 is 0 Å². The minimum atomic E-state index is -0.859. The number of aromatic nitrogens is 2. The lowest BCUT2D eigenvalue weighted by molar-refractivity contribution is -0.385. The quantitative estimate of drug-likeness (QED) is 0.393. The van der Waals surface area contributed by atoms with Crippen LogP contribution in [0.4, 0.5) is 18.9 Å². The van der Waals surface area contributed by atoms with Crippen molar-refractivity contribution in [3.05, 3.63) is 86.9 Å². The molecule has 0 unspecified atom stereocenters. The summed E-state index contributed by atoms with van der Waals surface area (Å²) in [5, 5.41) is 11.5. The highest BCUT2D eigenvalue weighted by atomic mass is 19.1. The largest absolute Gasteiger partial charge is 0.334 e. The number of carbonyl (C=O) groups excluding carboxylic acids is 1. The van der Waals surface area contributed by atoms with Gasteiger partial charge in [0.1, 0.15) is 23.5 Å². The third-order valence-electron chi connectivity index (χ3n) is 6.19. The summed E-state index contributed by atoms with van der Waals surface area (Å²) in [6, 6.07) is 7.29. The molecule has 4 heterocycles. The van der Waals surface area contributed by atoms with Crippen LogP contribution < -0.4 is 0 Å². The van der Waals surface area contributed by atoms with Crippen molar-refractivity contribution in [3.8, 4) is 11.3 Å². The maximum absolute atomic E-state index is 14.2. The number of fused-ring (bicyclic) bond motifs is 1. The van der Waals surface area contributed by atoms with Gasteiger partial charge in [-0.3, -0.25) is 24.8 Å². The van der Waals surface area contributed by atoms with Crippen molar-refractivity contribution in [2.24, 2.45) is 0 Å².